The van der Waals surface area contributed by atoms with Crippen molar-refractivity contribution in [2.24, 2.45) is 11.7 Å². The lowest BCUT2D eigenvalue weighted by Gasteiger charge is -2.36. The minimum Gasteiger partial charge on any atom is -0.389 e. The molecule has 0 spiro atoms. The fourth-order valence-corrected chi connectivity index (χ4v) is 3.53. The van der Waals surface area contributed by atoms with Crippen LogP contribution in [0.5, 0.6) is 0 Å². The fourth-order valence-electron chi connectivity index (χ4n) is 3.17. The van der Waals surface area contributed by atoms with E-state index in [1.807, 2.05) is 18.2 Å². The molecule has 1 aliphatic carbocycles. The van der Waals surface area contributed by atoms with Gasteiger partial charge in [0.1, 0.15) is 4.99 Å². The normalized spacial score (nSPS) is 23.0. The second-order valence-electron chi connectivity index (χ2n) is 5.91. The number of rotatable bonds is 4. The highest BCUT2D eigenvalue weighted by Crippen LogP contribution is 2.29. The van der Waals surface area contributed by atoms with E-state index in [2.05, 4.69) is 18.9 Å². The maximum atomic E-state index is 6.35. The van der Waals surface area contributed by atoms with Crippen molar-refractivity contribution in [1.29, 1.82) is 0 Å². The second kappa shape index (κ2) is 6.88. The Kier molecular flexibility index (Phi) is 5.42. The summed E-state index contributed by atoms with van der Waals surface area (Å²) in [5, 5.41) is 0.755. The van der Waals surface area contributed by atoms with Crippen molar-refractivity contribution >= 4 is 28.8 Å². The summed E-state index contributed by atoms with van der Waals surface area (Å²) in [4.78, 5) is 2.83. The molecule has 2 unspecified atom stereocenters. The van der Waals surface area contributed by atoms with Gasteiger partial charge in [-0.25, -0.2) is 0 Å². The Morgan fingerprint density at radius 1 is 1.40 bits per heavy atom. The Morgan fingerprint density at radius 2 is 2.10 bits per heavy atom. The van der Waals surface area contributed by atoms with Gasteiger partial charge in [0.2, 0.25) is 0 Å². The molecule has 20 heavy (non-hydrogen) atoms. The van der Waals surface area contributed by atoms with Gasteiger partial charge in [-0.1, -0.05) is 55.7 Å². The van der Waals surface area contributed by atoms with Gasteiger partial charge in [-0.3, -0.25) is 4.90 Å². The molecule has 1 aliphatic rings. The van der Waals surface area contributed by atoms with Crippen molar-refractivity contribution < 1.29 is 0 Å². The standard InChI is InChI=1S/C16H23ClN2S/c1-11-5-3-4-6-15(11)19(2)10-13-8-7-12(16(18)20)9-14(13)17/h7-9,11,15H,3-6,10H2,1-2H3,(H2,18,20). The minimum absolute atomic E-state index is 0.396. The van der Waals surface area contributed by atoms with Crippen LogP contribution >= 0.6 is 23.8 Å². The summed E-state index contributed by atoms with van der Waals surface area (Å²) in [6.45, 7) is 3.24. The van der Waals surface area contributed by atoms with Crippen LogP contribution in [0.2, 0.25) is 5.02 Å². The molecule has 1 aromatic carbocycles. The molecule has 0 radical (unpaired) electrons. The number of hydrogen-bond acceptors (Lipinski definition) is 2. The zero-order chi connectivity index (χ0) is 14.7. The monoisotopic (exact) mass is 310 g/mol. The quantitative estimate of drug-likeness (QED) is 0.853. The molecular formula is C16H23ClN2S. The van der Waals surface area contributed by atoms with Gasteiger partial charge in [-0.15, -0.1) is 0 Å². The smallest absolute Gasteiger partial charge is 0.104 e. The van der Waals surface area contributed by atoms with E-state index in [0.29, 0.717) is 11.0 Å². The summed E-state index contributed by atoms with van der Waals surface area (Å²) in [5.74, 6) is 0.767. The number of benzene rings is 1. The second-order valence-corrected chi connectivity index (χ2v) is 6.76. The molecule has 2 N–H and O–H groups in total. The van der Waals surface area contributed by atoms with Crippen LogP contribution < -0.4 is 5.73 Å². The van der Waals surface area contributed by atoms with Crippen LogP contribution in [-0.4, -0.2) is 23.0 Å². The van der Waals surface area contributed by atoms with Crippen LogP contribution in [0.25, 0.3) is 0 Å². The molecule has 110 valence electrons. The molecule has 0 bridgehead atoms. The SMILES string of the molecule is CC1CCCCC1N(C)Cc1ccc(C(N)=S)cc1Cl. The van der Waals surface area contributed by atoms with Crippen molar-refractivity contribution in [2.45, 2.75) is 45.2 Å². The van der Waals surface area contributed by atoms with Gasteiger partial charge in [-0.05, 0) is 37.4 Å². The number of halogens is 1. The minimum atomic E-state index is 0.396. The van der Waals surface area contributed by atoms with Gasteiger partial charge in [0.05, 0.1) is 0 Å². The Bertz CT molecular complexity index is 489. The lowest BCUT2D eigenvalue weighted by Crippen LogP contribution is -2.38. The zero-order valence-electron chi connectivity index (χ0n) is 12.2. The highest BCUT2D eigenvalue weighted by Gasteiger charge is 2.25. The molecule has 1 fully saturated rings. The van der Waals surface area contributed by atoms with Crippen LogP contribution in [0.4, 0.5) is 0 Å². The number of nitrogens with two attached hydrogens (primary N) is 1. The van der Waals surface area contributed by atoms with Crippen molar-refractivity contribution in [2.75, 3.05) is 7.05 Å². The third-order valence-electron chi connectivity index (χ3n) is 4.39. The first-order chi connectivity index (χ1) is 9.49. The first-order valence-electron chi connectivity index (χ1n) is 7.27. The van der Waals surface area contributed by atoms with Crippen LogP contribution in [0.15, 0.2) is 18.2 Å². The third kappa shape index (κ3) is 3.72. The Labute approximate surface area is 132 Å². The van der Waals surface area contributed by atoms with Crippen LogP contribution in [0.1, 0.15) is 43.7 Å². The molecule has 1 saturated carbocycles. The lowest BCUT2D eigenvalue weighted by molar-refractivity contribution is 0.133. The molecule has 1 aromatic rings. The van der Waals surface area contributed by atoms with E-state index in [1.165, 1.54) is 25.7 Å². The first kappa shape index (κ1) is 15.7. The predicted octanol–water partition coefficient (Wildman–Crippen LogP) is 3.98. The van der Waals surface area contributed by atoms with E-state index in [9.17, 15) is 0 Å². The molecular weight excluding hydrogens is 288 g/mol. The Morgan fingerprint density at radius 3 is 2.70 bits per heavy atom. The van der Waals surface area contributed by atoms with Gasteiger partial charge < -0.3 is 5.73 Å². The van der Waals surface area contributed by atoms with Gasteiger partial charge in [0, 0.05) is 23.2 Å². The van der Waals surface area contributed by atoms with Crippen LogP contribution in [0, 0.1) is 5.92 Å². The summed E-state index contributed by atoms with van der Waals surface area (Å²) < 4.78 is 0. The van der Waals surface area contributed by atoms with E-state index in [-0.39, 0.29) is 0 Å². The van der Waals surface area contributed by atoms with E-state index >= 15 is 0 Å². The summed E-state index contributed by atoms with van der Waals surface area (Å²) in [5.41, 5.74) is 7.61. The molecule has 0 amide bonds. The molecule has 2 atom stereocenters. The topological polar surface area (TPSA) is 29.3 Å². The largest absolute Gasteiger partial charge is 0.389 e. The number of thiocarbonyl (C=S) groups is 1. The average Bonchev–Trinajstić information content (AvgIpc) is 2.41. The molecule has 4 heteroatoms. The first-order valence-corrected chi connectivity index (χ1v) is 8.06. The molecule has 0 aliphatic heterocycles. The van der Waals surface area contributed by atoms with Gasteiger partial charge in [-0.2, -0.15) is 0 Å². The van der Waals surface area contributed by atoms with Crippen LogP contribution in [-0.2, 0) is 6.54 Å². The average molecular weight is 311 g/mol. The fraction of sp³-hybridized carbons (Fsp3) is 0.562. The summed E-state index contributed by atoms with van der Waals surface area (Å²) in [7, 11) is 2.20. The molecule has 2 rings (SSSR count). The summed E-state index contributed by atoms with van der Waals surface area (Å²) in [6.07, 6.45) is 5.34. The van der Waals surface area contributed by atoms with Gasteiger partial charge >= 0.3 is 0 Å². The summed E-state index contributed by atoms with van der Waals surface area (Å²) >= 11 is 11.3. The molecule has 0 aromatic heterocycles. The highest BCUT2D eigenvalue weighted by molar-refractivity contribution is 7.80. The van der Waals surface area contributed by atoms with E-state index in [0.717, 1.165) is 28.6 Å². The van der Waals surface area contributed by atoms with Gasteiger partial charge in [0.15, 0.2) is 0 Å². The van der Waals surface area contributed by atoms with E-state index in [1.54, 1.807) is 0 Å². The maximum Gasteiger partial charge on any atom is 0.104 e. The van der Waals surface area contributed by atoms with Crippen molar-refractivity contribution in [3.8, 4) is 0 Å². The van der Waals surface area contributed by atoms with Gasteiger partial charge in [0.25, 0.3) is 0 Å². The third-order valence-corrected chi connectivity index (χ3v) is 4.98. The predicted molar refractivity (Wildman–Crippen MR) is 90.2 cm³/mol. The molecule has 0 saturated heterocycles. The molecule has 2 nitrogen and oxygen atoms in total. The Balaban J connectivity index is 2.07. The van der Waals surface area contributed by atoms with Crippen molar-refractivity contribution in [3.63, 3.8) is 0 Å². The lowest BCUT2D eigenvalue weighted by atomic mass is 9.85. The van der Waals surface area contributed by atoms with Crippen molar-refractivity contribution in [1.82, 2.24) is 4.90 Å². The van der Waals surface area contributed by atoms with E-state index in [4.69, 9.17) is 29.6 Å². The zero-order valence-corrected chi connectivity index (χ0v) is 13.8. The van der Waals surface area contributed by atoms with E-state index < -0.39 is 0 Å². The maximum absolute atomic E-state index is 6.35. The highest BCUT2D eigenvalue weighted by atomic mass is 35.5. The number of hydrogen-bond donors (Lipinski definition) is 1. The Hall–Kier alpha value is -0.640. The van der Waals surface area contributed by atoms with Crippen molar-refractivity contribution in [3.05, 3.63) is 34.3 Å². The van der Waals surface area contributed by atoms with Crippen LogP contribution in [0.3, 0.4) is 0 Å². The number of nitrogens with zero attached hydrogens (tertiary/aromatic N) is 1. The molecule has 0 heterocycles. The summed E-state index contributed by atoms with van der Waals surface area (Å²) in [6, 6.07) is 6.54.